The van der Waals surface area contributed by atoms with Gasteiger partial charge in [-0.25, -0.2) is 0 Å². The Morgan fingerprint density at radius 1 is 1.10 bits per heavy atom. The molecule has 0 bridgehead atoms. The van der Waals surface area contributed by atoms with Crippen LogP contribution in [0.3, 0.4) is 0 Å². The molecule has 5 rings (SSSR count). The molecule has 0 N–H and O–H groups in total. The number of aliphatic imine (C=N–C) groups is 1. The normalized spacial score (nSPS) is 22.7. The van der Waals surface area contributed by atoms with E-state index < -0.39 is 0 Å². The molecule has 2 aromatic heterocycles. The summed E-state index contributed by atoms with van der Waals surface area (Å²) >= 11 is 1.90. The van der Waals surface area contributed by atoms with Crippen LogP contribution in [0.1, 0.15) is 59.7 Å². The fraction of sp³-hybridized carbons (Fsp3) is 0.385. The lowest BCUT2D eigenvalue weighted by molar-refractivity contribution is 0.320. The number of thioether (sulfide) groups is 1. The molecule has 1 aromatic carbocycles. The molecule has 3 atom stereocenters. The van der Waals surface area contributed by atoms with Crippen molar-refractivity contribution in [2.45, 2.75) is 58.4 Å². The molecule has 5 heteroatoms. The molecule has 160 valence electrons. The van der Waals surface area contributed by atoms with Crippen LogP contribution in [0.5, 0.6) is 0 Å². The first-order valence-electron chi connectivity index (χ1n) is 11.2. The molecular formula is C26H30N4S. The van der Waals surface area contributed by atoms with Crippen LogP contribution in [0.15, 0.2) is 53.7 Å². The molecule has 0 unspecified atom stereocenters. The highest BCUT2D eigenvalue weighted by Crippen LogP contribution is 2.49. The second-order valence-corrected chi connectivity index (χ2v) is 10.1. The zero-order valence-corrected chi connectivity index (χ0v) is 19.8. The maximum atomic E-state index is 5.17. The molecule has 0 spiro atoms. The summed E-state index contributed by atoms with van der Waals surface area (Å²) in [6, 6.07) is 15.4. The van der Waals surface area contributed by atoms with Crippen molar-refractivity contribution >= 4 is 16.9 Å². The van der Waals surface area contributed by atoms with Crippen LogP contribution in [0.2, 0.25) is 0 Å². The number of aromatic nitrogens is 2. The fourth-order valence-electron chi connectivity index (χ4n) is 5.21. The summed E-state index contributed by atoms with van der Waals surface area (Å²) in [4.78, 5) is 12.4. The minimum atomic E-state index is 0.0349. The molecule has 2 aliphatic rings. The van der Waals surface area contributed by atoms with E-state index in [-0.39, 0.29) is 12.1 Å². The van der Waals surface area contributed by atoms with E-state index in [0.29, 0.717) is 5.25 Å². The predicted molar refractivity (Wildman–Crippen MR) is 130 cm³/mol. The minimum absolute atomic E-state index is 0.0349. The van der Waals surface area contributed by atoms with E-state index in [9.17, 15) is 0 Å². The third-order valence-corrected chi connectivity index (χ3v) is 7.70. The highest BCUT2D eigenvalue weighted by atomic mass is 32.2. The summed E-state index contributed by atoms with van der Waals surface area (Å²) in [5, 5.41) is 1.74. The number of aryl methyl sites for hydroxylation is 3. The van der Waals surface area contributed by atoms with Gasteiger partial charge in [0.05, 0.1) is 17.4 Å². The van der Waals surface area contributed by atoms with Gasteiger partial charge in [0.1, 0.15) is 6.04 Å². The Balaban J connectivity index is 1.66. The van der Waals surface area contributed by atoms with Crippen LogP contribution in [0.4, 0.5) is 0 Å². The molecule has 0 radical (unpaired) electrons. The van der Waals surface area contributed by atoms with Crippen molar-refractivity contribution < 1.29 is 0 Å². The highest BCUT2D eigenvalue weighted by molar-refractivity contribution is 8.14. The van der Waals surface area contributed by atoms with Crippen molar-refractivity contribution in [2.75, 3.05) is 6.54 Å². The van der Waals surface area contributed by atoms with Gasteiger partial charge in [0.15, 0.2) is 5.17 Å². The lowest BCUT2D eigenvalue weighted by Gasteiger charge is -2.27. The molecule has 0 saturated carbocycles. The van der Waals surface area contributed by atoms with Gasteiger partial charge in [0.25, 0.3) is 0 Å². The second kappa shape index (κ2) is 7.86. The number of amidine groups is 1. The quantitative estimate of drug-likeness (QED) is 0.513. The molecule has 0 amide bonds. The van der Waals surface area contributed by atoms with Crippen LogP contribution in [-0.4, -0.2) is 31.4 Å². The zero-order chi connectivity index (χ0) is 21.7. The van der Waals surface area contributed by atoms with Gasteiger partial charge in [0, 0.05) is 29.4 Å². The summed E-state index contributed by atoms with van der Waals surface area (Å²) in [6.07, 6.45) is 2.91. The molecule has 1 fully saturated rings. The Morgan fingerprint density at radius 2 is 1.94 bits per heavy atom. The average Bonchev–Trinajstić information content (AvgIpc) is 3.38. The third-order valence-electron chi connectivity index (χ3n) is 6.60. The Hall–Kier alpha value is -2.53. The minimum Gasteiger partial charge on any atom is -0.341 e. The van der Waals surface area contributed by atoms with Crippen molar-refractivity contribution in [3.8, 4) is 5.69 Å². The zero-order valence-electron chi connectivity index (χ0n) is 19.0. The average molecular weight is 431 g/mol. The third kappa shape index (κ3) is 3.30. The molecule has 3 aromatic rings. The number of pyridine rings is 1. The largest absolute Gasteiger partial charge is 0.341 e. The van der Waals surface area contributed by atoms with Crippen LogP contribution in [0.25, 0.3) is 5.69 Å². The number of hydrogen-bond donors (Lipinski definition) is 0. The van der Waals surface area contributed by atoms with E-state index in [4.69, 9.17) is 9.98 Å². The van der Waals surface area contributed by atoms with Crippen LogP contribution in [0, 0.1) is 20.8 Å². The van der Waals surface area contributed by atoms with Crippen molar-refractivity contribution in [1.82, 2.24) is 14.5 Å². The molecule has 1 saturated heterocycles. The first kappa shape index (κ1) is 20.4. The maximum absolute atomic E-state index is 5.17. The fourth-order valence-corrected chi connectivity index (χ4v) is 6.30. The van der Waals surface area contributed by atoms with Gasteiger partial charge in [-0.15, -0.1) is 0 Å². The van der Waals surface area contributed by atoms with Gasteiger partial charge in [-0.2, -0.15) is 0 Å². The molecule has 2 aliphatic heterocycles. The van der Waals surface area contributed by atoms with E-state index in [2.05, 4.69) is 80.5 Å². The predicted octanol–water partition coefficient (Wildman–Crippen LogP) is 5.95. The van der Waals surface area contributed by atoms with Gasteiger partial charge >= 0.3 is 0 Å². The van der Waals surface area contributed by atoms with Crippen molar-refractivity contribution in [3.05, 3.63) is 82.4 Å². The summed E-state index contributed by atoms with van der Waals surface area (Å²) < 4.78 is 2.46. The van der Waals surface area contributed by atoms with Gasteiger partial charge in [-0.05, 0) is 62.1 Å². The number of hydrogen-bond acceptors (Lipinski definition) is 4. The van der Waals surface area contributed by atoms with E-state index in [1.165, 1.54) is 38.9 Å². The molecule has 0 aliphatic carbocycles. The van der Waals surface area contributed by atoms with Crippen molar-refractivity contribution in [1.29, 1.82) is 0 Å². The molecular weight excluding hydrogens is 400 g/mol. The second-order valence-electron chi connectivity index (χ2n) is 8.73. The van der Waals surface area contributed by atoms with Crippen molar-refractivity contribution in [3.63, 3.8) is 0 Å². The van der Waals surface area contributed by atoms with Crippen LogP contribution in [-0.2, 0) is 6.42 Å². The van der Waals surface area contributed by atoms with Crippen LogP contribution < -0.4 is 0 Å². The van der Waals surface area contributed by atoms with Gasteiger partial charge in [-0.3, -0.25) is 9.98 Å². The molecule has 4 heterocycles. The van der Waals surface area contributed by atoms with Gasteiger partial charge in [0.2, 0.25) is 0 Å². The van der Waals surface area contributed by atoms with E-state index >= 15 is 0 Å². The van der Waals surface area contributed by atoms with Gasteiger partial charge < -0.3 is 9.47 Å². The highest BCUT2D eigenvalue weighted by Gasteiger charge is 2.44. The Morgan fingerprint density at radius 3 is 2.68 bits per heavy atom. The maximum Gasteiger partial charge on any atom is 0.160 e. The summed E-state index contributed by atoms with van der Waals surface area (Å²) in [7, 11) is 0. The first-order chi connectivity index (χ1) is 15.0. The SMILES string of the molecule is CCc1cccc(C)c1-n1c(C)cc([C@@H]2[C@@H](c3ccccn3)N=C3S[C@@H](C)CN32)c1C. The number of fused-ring (bicyclic) bond motifs is 1. The monoisotopic (exact) mass is 430 g/mol. The van der Waals surface area contributed by atoms with E-state index in [0.717, 1.165) is 18.7 Å². The topological polar surface area (TPSA) is 33.4 Å². The summed E-state index contributed by atoms with van der Waals surface area (Å²) in [5.74, 6) is 0. The standard InChI is InChI=1S/C26H30N4S/c1-6-20-11-9-10-16(2)24(20)30-17(3)14-21(19(30)5)25-23(22-12-7-8-13-27-22)28-26-29(25)15-18(4)31-26/h7-14,18,23,25H,6,15H2,1-5H3/t18-,23+,25+/m0/s1. The Bertz CT molecular complexity index is 1150. The number of nitrogens with zero attached hydrogens (tertiary/aromatic N) is 4. The molecule has 4 nitrogen and oxygen atoms in total. The summed E-state index contributed by atoms with van der Waals surface area (Å²) in [6.45, 7) is 12.3. The first-order valence-corrected chi connectivity index (χ1v) is 12.1. The Labute approximate surface area is 189 Å². The van der Waals surface area contributed by atoms with E-state index in [1.807, 2.05) is 24.0 Å². The van der Waals surface area contributed by atoms with E-state index in [1.54, 1.807) is 0 Å². The summed E-state index contributed by atoms with van der Waals surface area (Å²) in [5.41, 5.74) is 9.07. The smallest absolute Gasteiger partial charge is 0.160 e. The lowest BCUT2D eigenvalue weighted by atomic mass is 9.96. The van der Waals surface area contributed by atoms with Gasteiger partial charge in [-0.1, -0.05) is 49.9 Å². The Kier molecular flexibility index (Phi) is 5.17. The van der Waals surface area contributed by atoms with Crippen molar-refractivity contribution in [2.24, 2.45) is 4.99 Å². The lowest BCUT2D eigenvalue weighted by Crippen LogP contribution is -2.29. The number of rotatable bonds is 4. The number of para-hydroxylation sites is 1. The molecule has 31 heavy (non-hydrogen) atoms. The van der Waals surface area contributed by atoms with Crippen LogP contribution >= 0.6 is 11.8 Å². The number of benzene rings is 1.